The molecule has 6 nitrogen and oxygen atoms in total. The molecule has 1 aliphatic heterocycles. The number of esters is 1. The Bertz CT molecular complexity index is 595. The van der Waals surface area contributed by atoms with Gasteiger partial charge in [-0.25, -0.2) is 4.79 Å². The van der Waals surface area contributed by atoms with Crippen LogP contribution in [0.5, 0.6) is 0 Å². The molecule has 0 radical (unpaired) electrons. The van der Waals surface area contributed by atoms with E-state index in [1.165, 1.54) is 5.57 Å². The summed E-state index contributed by atoms with van der Waals surface area (Å²) in [4.78, 5) is 13.4. The molecule has 0 fully saturated rings. The van der Waals surface area contributed by atoms with Gasteiger partial charge in [-0.3, -0.25) is 4.68 Å². The fraction of sp³-hybridized carbons (Fsp3) is 0.500. The normalized spacial score (nSPS) is 15.2. The van der Waals surface area contributed by atoms with Crippen LogP contribution in [0.3, 0.4) is 0 Å². The lowest BCUT2D eigenvalue weighted by molar-refractivity contribution is 0.0518. The van der Waals surface area contributed by atoms with E-state index in [4.69, 9.17) is 10.00 Å². The molecule has 2 heterocycles. The fourth-order valence-electron chi connectivity index (χ4n) is 2.30. The molecule has 0 bridgehead atoms. The van der Waals surface area contributed by atoms with Gasteiger partial charge in [-0.2, -0.15) is 10.4 Å². The highest BCUT2D eigenvalue weighted by Crippen LogP contribution is 2.26. The predicted octanol–water partition coefficient (Wildman–Crippen LogP) is 1.56. The number of hydrogen-bond donors (Lipinski definition) is 0. The van der Waals surface area contributed by atoms with Gasteiger partial charge in [0.25, 0.3) is 0 Å². The van der Waals surface area contributed by atoms with Crippen molar-refractivity contribution in [3.05, 3.63) is 23.0 Å². The van der Waals surface area contributed by atoms with Gasteiger partial charge in [-0.05, 0) is 31.9 Å². The Kier molecular flexibility index (Phi) is 4.08. The lowest BCUT2D eigenvalue weighted by Crippen LogP contribution is -2.27. The van der Waals surface area contributed by atoms with Crippen molar-refractivity contribution in [1.29, 1.82) is 5.26 Å². The third-order valence-corrected chi connectivity index (χ3v) is 3.44. The SMILES string of the molecule is CCOC(=O)c1cc(C2=C(C)CCN(C#N)C2)n(C)n1. The Labute approximate surface area is 118 Å². The van der Waals surface area contributed by atoms with Crippen LogP contribution in [-0.4, -0.2) is 40.3 Å². The van der Waals surface area contributed by atoms with Crippen molar-refractivity contribution in [2.75, 3.05) is 19.7 Å². The second-order valence-electron chi connectivity index (χ2n) is 4.79. The van der Waals surface area contributed by atoms with E-state index in [-0.39, 0.29) is 0 Å². The molecule has 1 aliphatic rings. The van der Waals surface area contributed by atoms with Crippen LogP contribution in [0.4, 0.5) is 0 Å². The second kappa shape index (κ2) is 5.78. The van der Waals surface area contributed by atoms with Crippen molar-refractivity contribution in [1.82, 2.24) is 14.7 Å². The van der Waals surface area contributed by atoms with E-state index < -0.39 is 5.97 Å². The molecule has 0 saturated heterocycles. The number of nitrogens with zero attached hydrogens (tertiary/aromatic N) is 4. The average molecular weight is 274 g/mol. The van der Waals surface area contributed by atoms with Crippen molar-refractivity contribution in [2.24, 2.45) is 7.05 Å². The van der Waals surface area contributed by atoms with Gasteiger partial charge in [0.2, 0.25) is 0 Å². The molecule has 0 N–H and O–H groups in total. The summed E-state index contributed by atoms with van der Waals surface area (Å²) in [6.45, 7) is 5.45. The van der Waals surface area contributed by atoms with E-state index in [0.29, 0.717) is 18.8 Å². The van der Waals surface area contributed by atoms with Gasteiger partial charge in [0.05, 0.1) is 18.8 Å². The second-order valence-corrected chi connectivity index (χ2v) is 4.79. The minimum atomic E-state index is -0.416. The molecular formula is C14H18N4O2. The van der Waals surface area contributed by atoms with E-state index in [9.17, 15) is 4.79 Å². The number of aromatic nitrogens is 2. The Morgan fingerprint density at radius 3 is 3.00 bits per heavy atom. The van der Waals surface area contributed by atoms with Crippen LogP contribution in [-0.2, 0) is 11.8 Å². The maximum absolute atomic E-state index is 11.7. The van der Waals surface area contributed by atoms with Crippen molar-refractivity contribution in [3.63, 3.8) is 0 Å². The highest BCUT2D eigenvalue weighted by atomic mass is 16.5. The molecule has 0 atom stereocenters. The zero-order valence-electron chi connectivity index (χ0n) is 12.0. The van der Waals surface area contributed by atoms with Crippen molar-refractivity contribution in [2.45, 2.75) is 20.3 Å². The molecule has 0 saturated carbocycles. The number of nitriles is 1. The smallest absolute Gasteiger partial charge is 0.358 e. The molecule has 20 heavy (non-hydrogen) atoms. The topological polar surface area (TPSA) is 71.2 Å². The maximum Gasteiger partial charge on any atom is 0.358 e. The largest absolute Gasteiger partial charge is 0.461 e. The van der Waals surface area contributed by atoms with Gasteiger partial charge in [0.1, 0.15) is 0 Å². The molecule has 6 heteroatoms. The first-order valence-electron chi connectivity index (χ1n) is 6.61. The van der Waals surface area contributed by atoms with Gasteiger partial charge in [-0.15, -0.1) is 0 Å². The van der Waals surface area contributed by atoms with Crippen LogP contribution in [0.1, 0.15) is 36.5 Å². The molecule has 0 amide bonds. The molecule has 1 aromatic heterocycles. The summed E-state index contributed by atoms with van der Waals surface area (Å²) >= 11 is 0. The third-order valence-electron chi connectivity index (χ3n) is 3.44. The highest BCUT2D eigenvalue weighted by Gasteiger charge is 2.22. The average Bonchev–Trinajstić information content (AvgIpc) is 2.82. The zero-order valence-corrected chi connectivity index (χ0v) is 12.0. The first kappa shape index (κ1) is 14.1. The number of aryl methyl sites for hydroxylation is 1. The standard InChI is InChI=1S/C14H18N4O2/c1-4-20-14(19)12-7-13(17(3)16-12)11-8-18(9-15)6-5-10(11)2/h7H,4-6,8H2,1-3H3. The first-order valence-corrected chi connectivity index (χ1v) is 6.61. The summed E-state index contributed by atoms with van der Waals surface area (Å²) in [5.74, 6) is -0.416. The Balaban J connectivity index is 2.33. The summed E-state index contributed by atoms with van der Waals surface area (Å²) in [6, 6.07) is 1.73. The zero-order chi connectivity index (χ0) is 14.7. The van der Waals surface area contributed by atoms with Crippen LogP contribution in [0.25, 0.3) is 5.57 Å². The molecule has 0 unspecified atom stereocenters. The summed E-state index contributed by atoms with van der Waals surface area (Å²) in [5.41, 5.74) is 3.46. The van der Waals surface area contributed by atoms with Gasteiger partial charge < -0.3 is 9.64 Å². The van der Waals surface area contributed by atoms with E-state index in [1.807, 2.05) is 0 Å². The molecular weight excluding hydrogens is 256 g/mol. The van der Waals surface area contributed by atoms with E-state index in [2.05, 4.69) is 18.2 Å². The number of hydrogen-bond acceptors (Lipinski definition) is 5. The number of ether oxygens (including phenoxy) is 1. The van der Waals surface area contributed by atoms with Gasteiger partial charge in [-0.1, -0.05) is 5.57 Å². The van der Waals surface area contributed by atoms with Crippen LogP contribution >= 0.6 is 0 Å². The Hall–Kier alpha value is -2.29. The van der Waals surface area contributed by atoms with Gasteiger partial charge in [0, 0.05) is 13.6 Å². The maximum atomic E-state index is 11.7. The van der Waals surface area contributed by atoms with E-state index in [1.54, 1.807) is 29.6 Å². The van der Waals surface area contributed by atoms with Crippen molar-refractivity contribution < 1.29 is 9.53 Å². The lowest BCUT2D eigenvalue weighted by Gasteiger charge is -2.25. The Morgan fingerprint density at radius 2 is 2.35 bits per heavy atom. The van der Waals surface area contributed by atoms with Crippen LogP contribution in [0.15, 0.2) is 11.6 Å². The highest BCUT2D eigenvalue weighted by molar-refractivity contribution is 5.88. The summed E-state index contributed by atoms with van der Waals surface area (Å²) < 4.78 is 6.63. The first-order chi connectivity index (χ1) is 9.56. The van der Waals surface area contributed by atoms with Crippen LogP contribution < -0.4 is 0 Å². The molecule has 2 rings (SSSR count). The summed E-state index contributed by atoms with van der Waals surface area (Å²) in [7, 11) is 1.80. The van der Waals surface area contributed by atoms with Crippen LogP contribution in [0, 0.1) is 11.5 Å². The minimum Gasteiger partial charge on any atom is -0.461 e. The van der Waals surface area contributed by atoms with Crippen LogP contribution in [0.2, 0.25) is 0 Å². The number of rotatable bonds is 3. The fourth-order valence-corrected chi connectivity index (χ4v) is 2.30. The van der Waals surface area contributed by atoms with Gasteiger partial charge in [0.15, 0.2) is 11.9 Å². The number of carbonyl (C=O) groups excluding carboxylic acids is 1. The third kappa shape index (κ3) is 2.67. The monoisotopic (exact) mass is 274 g/mol. The molecule has 106 valence electrons. The number of carbonyl (C=O) groups is 1. The van der Waals surface area contributed by atoms with E-state index >= 15 is 0 Å². The molecule has 0 aliphatic carbocycles. The Morgan fingerprint density at radius 1 is 1.60 bits per heavy atom. The quantitative estimate of drug-likeness (QED) is 0.618. The van der Waals surface area contributed by atoms with Gasteiger partial charge >= 0.3 is 5.97 Å². The molecule has 1 aromatic rings. The van der Waals surface area contributed by atoms with E-state index in [0.717, 1.165) is 24.2 Å². The lowest BCUT2D eigenvalue weighted by atomic mass is 9.99. The summed E-state index contributed by atoms with van der Waals surface area (Å²) in [5, 5.41) is 13.2. The minimum absolute atomic E-state index is 0.304. The predicted molar refractivity (Wildman–Crippen MR) is 73.6 cm³/mol. The molecule has 0 spiro atoms. The summed E-state index contributed by atoms with van der Waals surface area (Å²) in [6.07, 6.45) is 3.02. The molecule has 0 aromatic carbocycles. The van der Waals surface area contributed by atoms with Crippen molar-refractivity contribution >= 4 is 11.5 Å². The van der Waals surface area contributed by atoms with Crippen molar-refractivity contribution in [3.8, 4) is 6.19 Å².